The molecule has 0 saturated carbocycles. The molecule has 1 aliphatic heterocycles. The van der Waals surface area contributed by atoms with E-state index in [1.807, 2.05) is 12.1 Å². The van der Waals surface area contributed by atoms with Gasteiger partial charge in [-0.1, -0.05) is 17.7 Å². The molecule has 0 unspecified atom stereocenters. The lowest BCUT2D eigenvalue weighted by atomic mass is 9.83. The highest BCUT2D eigenvalue weighted by Crippen LogP contribution is 2.32. The van der Waals surface area contributed by atoms with Crippen LogP contribution in [0.1, 0.15) is 18.4 Å². The van der Waals surface area contributed by atoms with Crippen molar-refractivity contribution in [1.82, 2.24) is 0 Å². The van der Waals surface area contributed by atoms with Crippen LogP contribution in [0.4, 0.5) is 0 Å². The summed E-state index contributed by atoms with van der Waals surface area (Å²) in [5.41, 5.74) is 1.44. The second-order valence-corrected chi connectivity index (χ2v) is 5.19. The third kappa shape index (κ3) is 3.39. The molecule has 2 nitrogen and oxygen atoms in total. The van der Waals surface area contributed by atoms with Crippen molar-refractivity contribution in [3.8, 4) is 5.75 Å². The van der Waals surface area contributed by atoms with Gasteiger partial charge in [0, 0.05) is 18.6 Å². The monoisotopic (exact) mass is 252 g/mol. The van der Waals surface area contributed by atoms with Crippen molar-refractivity contribution in [3.63, 3.8) is 0 Å². The summed E-state index contributed by atoms with van der Waals surface area (Å²) in [6.45, 7) is 4.48. The fourth-order valence-corrected chi connectivity index (χ4v) is 2.43. The molecule has 1 saturated heterocycles. The van der Waals surface area contributed by atoms with Gasteiger partial charge in [0.2, 0.25) is 0 Å². The third-order valence-electron chi connectivity index (χ3n) is 3.45. The van der Waals surface area contributed by atoms with E-state index in [9.17, 15) is 0 Å². The number of benzene rings is 1. The summed E-state index contributed by atoms with van der Waals surface area (Å²) in [6, 6.07) is 8.21. The molecule has 3 heteroatoms. The predicted octanol–water partition coefficient (Wildman–Crippen LogP) is 3.10. The number of hydrogen-bond donors (Lipinski definition) is 1. The van der Waals surface area contributed by atoms with Crippen molar-refractivity contribution in [1.29, 1.82) is 0 Å². The number of thiol groups is 1. The Balaban J connectivity index is 1.93. The molecule has 0 N–H and O–H groups in total. The summed E-state index contributed by atoms with van der Waals surface area (Å²) >= 11 is 4.48. The molecular weight excluding hydrogens is 232 g/mol. The fraction of sp³-hybridized carbons (Fsp3) is 0.571. The molecule has 2 rings (SSSR count). The first-order valence-corrected chi connectivity index (χ1v) is 6.75. The van der Waals surface area contributed by atoms with E-state index in [2.05, 4.69) is 31.7 Å². The van der Waals surface area contributed by atoms with Crippen LogP contribution in [0.5, 0.6) is 5.75 Å². The lowest BCUT2D eigenvalue weighted by molar-refractivity contribution is 0.00311. The number of rotatable bonds is 4. The minimum atomic E-state index is 0.187. The Morgan fingerprint density at radius 2 is 1.88 bits per heavy atom. The quantitative estimate of drug-likeness (QED) is 0.830. The SMILES string of the molecule is Cc1ccc(OCC2(CS)CCOCC2)cc1. The number of hydrogen-bond acceptors (Lipinski definition) is 3. The summed E-state index contributed by atoms with van der Waals surface area (Å²) in [4.78, 5) is 0. The summed E-state index contributed by atoms with van der Waals surface area (Å²) in [7, 11) is 0. The molecule has 1 heterocycles. The second-order valence-electron chi connectivity index (χ2n) is 4.87. The Kier molecular flexibility index (Phi) is 4.35. The molecule has 0 radical (unpaired) electrons. The van der Waals surface area contributed by atoms with Gasteiger partial charge in [0.05, 0.1) is 6.61 Å². The molecule has 1 aromatic rings. The van der Waals surface area contributed by atoms with Crippen molar-refractivity contribution < 1.29 is 9.47 Å². The van der Waals surface area contributed by atoms with Gasteiger partial charge in [-0.25, -0.2) is 0 Å². The molecule has 0 spiro atoms. The Morgan fingerprint density at radius 1 is 1.24 bits per heavy atom. The maximum absolute atomic E-state index is 5.89. The van der Waals surface area contributed by atoms with E-state index < -0.39 is 0 Å². The molecule has 1 aliphatic rings. The van der Waals surface area contributed by atoms with E-state index >= 15 is 0 Å². The first-order valence-electron chi connectivity index (χ1n) is 6.12. The van der Waals surface area contributed by atoms with Gasteiger partial charge in [0.1, 0.15) is 5.75 Å². The normalized spacial score (nSPS) is 18.9. The van der Waals surface area contributed by atoms with Crippen molar-refractivity contribution in [3.05, 3.63) is 29.8 Å². The van der Waals surface area contributed by atoms with Crippen LogP contribution in [-0.4, -0.2) is 25.6 Å². The van der Waals surface area contributed by atoms with Crippen LogP contribution in [0.25, 0.3) is 0 Å². The summed E-state index contributed by atoms with van der Waals surface area (Å²) in [5.74, 6) is 1.81. The minimum absolute atomic E-state index is 0.187. The average molecular weight is 252 g/mol. The highest BCUT2D eigenvalue weighted by atomic mass is 32.1. The Morgan fingerprint density at radius 3 is 2.47 bits per heavy atom. The Labute approximate surface area is 109 Å². The molecule has 0 amide bonds. The molecule has 1 aromatic carbocycles. The molecule has 0 aliphatic carbocycles. The molecule has 17 heavy (non-hydrogen) atoms. The van der Waals surface area contributed by atoms with E-state index in [0.717, 1.165) is 44.2 Å². The van der Waals surface area contributed by atoms with E-state index in [0.29, 0.717) is 0 Å². The zero-order valence-corrected chi connectivity index (χ0v) is 11.2. The first-order chi connectivity index (χ1) is 8.24. The van der Waals surface area contributed by atoms with E-state index in [1.54, 1.807) is 0 Å². The predicted molar refractivity (Wildman–Crippen MR) is 73.0 cm³/mol. The molecule has 0 bridgehead atoms. The van der Waals surface area contributed by atoms with Gasteiger partial charge < -0.3 is 9.47 Å². The van der Waals surface area contributed by atoms with Crippen LogP contribution in [0, 0.1) is 12.3 Å². The second kappa shape index (κ2) is 5.78. The highest BCUT2D eigenvalue weighted by molar-refractivity contribution is 7.80. The van der Waals surface area contributed by atoms with E-state index in [4.69, 9.17) is 9.47 Å². The zero-order valence-electron chi connectivity index (χ0n) is 10.3. The maximum atomic E-state index is 5.89. The van der Waals surface area contributed by atoms with Gasteiger partial charge in [-0.15, -0.1) is 0 Å². The van der Waals surface area contributed by atoms with Gasteiger partial charge in [0.25, 0.3) is 0 Å². The molecule has 1 fully saturated rings. The van der Waals surface area contributed by atoms with Crippen LogP contribution < -0.4 is 4.74 Å². The van der Waals surface area contributed by atoms with Crippen LogP contribution in [0.3, 0.4) is 0 Å². The van der Waals surface area contributed by atoms with Crippen molar-refractivity contribution in [2.24, 2.45) is 5.41 Å². The number of ether oxygens (including phenoxy) is 2. The van der Waals surface area contributed by atoms with Gasteiger partial charge in [-0.05, 0) is 37.7 Å². The average Bonchev–Trinajstić information content (AvgIpc) is 2.39. The lowest BCUT2D eigenvalue weighted by Gasteiger charge is -2.35. The molecule has 0 aromatic heterocycles. The molecule has 0 atom stereocenters. The summed E-state index contributed by atoms with van der Waals surface area (Å²) in [6.07, 6.45) is 2.09. The van der Waals surface area contributed by atoms with Crippen LogP contribution in [0.2, 0.25) is 0 Å². The van der Waals surface area contributed by atoms with Crippen LogP contribution in [0.15, 0.2) is 24.3 Å². The minimum Gasteiger partial charge on any atom is -0.493 e. The fourth-order valence-electron chi connectivity index (χ4n) is 2.02. The Hall–Kier alpha value is -0.670. The largest absolute Gasteiger partial charge is 0.493 e. The summed E-state index contributed by atoms with van der Waals surface area (Å²) in [5, 5.41) is 0. The Bertz CT molecular complexity index is 342. The van der Waals surface area contributed by atoms with E-state index in [1.165, 1.54) is 5.56 Å². The van der Waals surface area contributed by atoms with Crippen molar-refractivity contribution >= 4 is 12.6 Å². The standard InChI is InChI=1S/C14H20O2S/c1-12-2-4-13(5-3-12)16-10-14(11-17)6-8-15-9-7-14/h2-5,17H,6-11H2,1H3. The third-order valence-corrected chi connectivity index (χ3v) is 4.13. The van der Waals surface area contributed by atoms with Crippen molar-refractivity contribution in [2.75, 3.05) is 25.6 Å². The topological polar surface area (TPSA) is 18.5 Å². The first kappa shape index (κ1) is 12.8. The zero-order chi connectivity index (χ0) is 12.1. The number of aryl methyl sites for hydroxylation is 1. The van der Waals surface area contributed by atoms with Crippen LogP contribution in [-0.2, 0) is 4.74 Å². The van der Waals surface area contributed by atoms with Gasteiger partial charge >= 0.3 is 0 Å². The molecule has 94 valence electrons. The van der Waals surface area contributed by atoms with E-state index in [-0.39, 0.29) is 5.41 Å². The van der Waals surface area contributed by atoms with Gasteiger partial charge in [-0.3, -0.25) is 0 Å². The maximum Gasteiger partial charge on any atom is 0.119 e. The van der Waals surface area contributed by atoms with Crippen LogP contribution >= 0.6 is 12.6 Å². The molecular formula is C14H20O2S. The van der Waals surface area contributed by atoms with Gasteiger partial charge in [0.15, 0.2) is 0 Å². The van der Waals surface area contributed by atoms with Crippen molar-refractivity contribution in [2.45, 2.75) is 19.8 Å². The summed E-state index contributed by atoms with van der Waals surface area (Å²) < 4.78 is 11.3. The smallest absolute Gasteiger partial charge is 0.119 e. The van der Waals surface area contributed by atoms with Gasteiger partial charge in [-0.2, -0.15) is 12.6 Å². The highest BCUT2D eigenvalue weighted by Gasteiger charge is 2.32. The lowest BCUT2D eigenvalue weighted by Crippen LogP contribution is -2.36.